The zero-order valence-electron chi connectivity index (χ0n) is 13.9. The highest BCUT2D eigenvalue weighted by atomic mass is 35.5. The molecule has 2 aromatic heterocycles. The van der Waals surface area contributed by atoms with Crippen LogP contribution in [-0.4, -0.2) is 30.0 Å². The van der Waals surface area contributed by atoms with Crippen molar-refractivity contribution in [3.05, 3.63) is 70.9 Å². The van der Waals surface area contributed by atoms with Crippen LogP contribution in [0.5, 0.6) is 0 Å². The average molecular weight is 383 g/mol. The third kappa shape index (κ3) is 3.23. The number of hydrogen-bond acceptors (Lipinski definition) is 5. The fraction of sp³-hybridized carbons (Fsp3) is 0.111. The molecule has 8 heteroatoms. The molecule has 0 N–H and O–H groups in total. The lowest BCUT2D eigenvalue weighted by Gasteiger charge is -2.05. The summed E-state index contributed by atoms with van der Waals surface area (Å²) in [5.74, 6) is 0.473. The highest BCUT2D eigenvalue weighted by molar-refractivity contribution is 7.80. The Labute approximate surface area is 160 Å². The van der Waals surface area contributed by atoms with E-state index in [1.54, 1.807) is 15.7 Å². The van der Waals surface area contributed by atoms with Gasteiger partial charge < -0.3 is 0 Å². The van der Waals surface area contributed by atoms with Crippen LogP contribution in [0.2, 0.25) is 5.02 Å². The third-order valence-electron chi connectivity index (χ3n) is 3.92. The van der Waals surface area contributed by atoms with Crippen LogP contribution in [-0.2, 0) is 6.54 Å². The molecule has 0 saturated carbocycles. The van der Waals surface area contributed by atoms with Crippen molar-refractivity contribution >= 4 is 24.2 Å². The summed E-state index contributed by atoms with van der Waals surface area (Å²) in [4.78, 5) is 1.56. The first-order chi connectivity index (χ1) is 12.6. The highest BCUT2D eigenvalue weighted by Gasteiger charge is 2.16. The molecule has 2 heterocycles. The second kappa shape index (κ2) is 6.93. The molecule has 4 aromatic rings. The monoisotopic (exact) mass is 382 g/mol. The Morgan fingerprint density at radius 1 is 1.12 bits per heavy atom. The van der Waals surface area contributed by atoms with Crippen molar-refractivity contribution in [3.63, 3.8) is 0 Å². The van der Waals surface area contributed by atoms with Gasteiger partial charge in [-0.05, 0) is 29.8 Å². The second-order valence-electron chi connectivity index (χ2n) is 5.88. The quantitative estimate of drug-likeness (QED) is 0.545. The minimum atomic E-state index is 0.473. The molecule has 0 atom stereocenters. The Bertz CT molecular complexity index is 1070. The molecule has 2 aromatic carbocycles. The van der Waals surface area contributed by atoms with Gasteiger partial charge in [0.1, 0.15) is 5.03 Å². The van der Waals surface area contributed by atoms with E-state index < -0.39 is 0 Å². The number of tetrazole rings is 1. The minimum absolute atomic E-state index is 0.473. The molecule has 0 spiro atoms. The molecular weight excluding hydrogens is 368 g/mol. The topological polar surface area (TPSA) is 61.4 Å². The van der Waals surface area contributed by atoms with Gasteiger partial charge in [-0.15, -0.1) is 22.8 Å². The van der Waals surface area contributed by atoms with E-state index in [1.807, 2.05) is 36.4 Å². The van der Waals surface area contributed by atoms with Crippen LogP contribution in [0.25, 0.3) is 17.1 Å². The van der Waals surface area contributed by atoms with Crippen LogP contribution in [0.4, 0.5) is 0 Å². The molecule has 0 radical (unpaired) electrons. The van der Waals surface area contributed by atoms with Crippen LogP contribution in [0, 0.1) is 6.92 Å². The molecule has 0 fully saturated rings. The van der Waals surface area contributed by atoms with Crippen molar-refractivity contribution in [3.8, 4) is 17.1 Å². The van der Waals surface area contributed by atoms with E-state index in [0.717, 1.165) is 11.3 Å². The number of halogens is 1. The molecular formula is C18H15ClN6S. The summed E-state index contributed by atoms with van der Waals surface area (Å²) in [7, 11) is 0. The SMILES string of the molecule is Cc1cccc(Cn2nnc(-c3cnn(-c4ccccc4Cl)c3S)n2)c1. The Kier molecular flexibility index (Phi) is 4.48. The Balaban J connectivity index is 1.63. The minimum Gasteiger partial charge on any atom is -0.225 e. The summed E-state index contributed by atoms with van der Waals surface area (Å²) in [6.45, 7) is 2.61. The van der Waals surface area contributed by atoms with Crippen LogP contribution in [0.15, 0.2) is 59.8 Å². The van der Waals surface area contributed by atoms with Crippen LogP contribution < -0.4 is 0 Å². The first-order valence-electron chi connectivity index (χ1n) is 7.97. The molecule has 0 amide bonds. The highest BCUT2D eigenvalue weighted by Crippen LogP contribution is 2.28. The molecule has 0 aliphatic rings. The second-order valence-corrected chi connectivity index (χ2v) is 6.71. The third-order valence-corrected chi connectivity index (χ3v) is 4.67. The van der Waals surface area contributed by atoms with Gasteiger partial charge in [0, 0.05) is 0 Å². The lowest BCUT2D eigenvalue weighted by Crippen LogP contribution is -2.04. The maximum Gasteiger partial charge on any atom is 0.209 e. The van der Waals surface area contributed by atoms with Crippen LogP contribution in [0.1, 0.15) is 11.1 Å². The van der Waals surface area contributed by atoms with Gasteiger partial charge in [-0.3, -0.25) is 0 Å². The van der Waals surface area contributed by atoms with Gasteiger partial charge in [0.2, 0.25) is 5.82 Å². The summed E-state index contributed by atoms with van der Waals surface area (Å²) in [5, 5.41) is 18.3. The maximum atomic E-state index is 6.25. The van der Waals surface area contributed by atoms with E-state index in [2.05, 4.69) is 52.2 Å². The van der Waals surface area contributed by atoms with E-state index >= 15 is 0 Å². The summed E-state index contributed by atoms with van der Waals surface area (Å²) in [6.07, 6.45) is 1.67. The van der Waals surface area contributed by atoms with Crippen molar-refractivity contribution in [2.45, 2.75) is 18.5 Å². The molecule has 0 aliphatic carbocycles. The first kappa shape index (κ1) is 16.8. The predicted octanol–water partition coefficient (Wildman–Crippen LogP) is 3.82. The Morgan fingerprint density at radius 3 is 2.77 bits per heavy atom. The number of para-hydroxylation sites is 1. The largest absolute Gasteiger partial charge is 0.225 e. The molecule has 130 valence electrons. The van der Waals surface area contributed by atoms with Gasteiger partial charge in [0.25, 0.3) is 0 Å². The van der Waals surface area contributed by atoms with Gasteiger partial charge in [0.15, 0.2) is 0 Å². The van der Waals surface area contributed by atoms with E-state index in [9.17, 15) is 0 Å². The van der Waals surface area contributed by atoms with E-state index in [-0.39, 0.29) is 0 Å². The van der Waals surface area contributed by atoms with Gasteiger partial charge in [-0.2, -0.15) is 9.90 Å². The van der Waals surface area contributed by atoms with Gasteiger partial charge in [-0.25, -0.2) is 4.68 Å². The average Bonchev–Trinajstić information content (AvgIpc) is 3.22. The fourth-order valence-electron chi connectivity index (χ4n) is 2.69. The summed E-state index contributed by atoms with van der Waals surface area (Å²) in [6, 6.07) is 15.7. The lowest BCUT2D eigenvalue weighted by atomic mass is 10.1. The molecule has 26 heavy (non-hydrogen) atoms. The smallest absolute Gasteiger partial charge is 0.209 e. The van der Waals surface area contributed by atoms with Crippen molar-refractivity contribution in [1.29, 1.82) is 0 Å². The van der Waals surface area contributed by atoms with Gasteiger partial charge in [0.05, 0.1) is 29.0 Å². The fourth-order valence-corrected chi connectivity index (χ4v) is 3.22. The molecule has 0 unspecified atom stereocenters. The van der Waals surface area contributed by atoms with E-state index in [0.29, 0.717) is 28.0 Å². The molecule has 0 saturated heterocycles. The predicted molar refractivity (Wildman–Crippen MR) is 103 cm³/mol. The summed E-state index contributed by atoms with van der Waals surface area (Å²) in [5.41, 5.74) is 3.76. The van der Waals surface area contributed by atoms with Crippen molar-refractivity contribution in [1.82, 2.24) is 30.0 Å². The van der Waals surface area contributed by atoms with Crippen molar-refractivity contribution in [2.75, 3.05) is 0 Å². The standard InChI is InChI=1S/C18H15ClN6S/c1-12-5-4-6-13(9-12)11-24-22-17(21-23-24)14-10-20-25(18(14)26)16-8-3-2-7-15(16)19/h2-10,26H,11H2,1H3. The zero-order valence-corrected chi connectivity index (χ0v) is 15.6. The number of nitrogens with zero attached hydrogens (tertiary/aromatic N) is 6. The molecule has 4 rings (SSSR count). The van der Waals surface area contributed by atoms with Gasteiger partial charge >= 0.3 is 0 Å². The number of aryl methyl sites for hydroxylation is 1. The summed E-state index contributed by atoms with van der Waals surface area (Å²) < 4.78 is 1.65. The molecule has 0 aliphatic heterocycles. The molecule has 0 bridgehead atoms. The lowest BCUT2D eigenvalue weighted by molar-refractivity contribution is 0.572. The number of aromatic nitrogens is 6. The summed E-state index contributed by atoms with van der Waals surface area (Å²) >= 11 is 10.8. The number of thiol groups is 1. The van der Waals surface area contributed by atoms with Gasteiger partial charge in [-0.1, -0.05) is 53.6 Å². The Morgan fingerprint density at radius 2 is 1.96 bits per heavy atom. The van der Waals surface area contributed by atoms with Crippen molar-refractivity contribution in [2.24, 2.45) is 0 Å². The first-order valence-corrected chi connectivity index (χ1v) is 8.80. The number of benzene rings is 2. The van der Waals surface area contributed by atoms with E-state index in [4.69, 9.17) is 11.6 Å². The number of hydrogen-bond donors (Lipinski definition) is 1. The van der Waals surface area contributed by atoms with Crippen LogP contribution in [0.3, 0.4) is 0 Å². The van der Waals surface area contributed by atoms with Crippen LogP contribution >= 0.6 is 24.2 Å². The Hall–Kier alpha value is -2.64. The maximum absolute atomic E-state index is 6.25. The van der Waals surface area contributed by atoms with E-state index in [1.165, 1.54) is 5.56 Å². The van der Waals surface area contributed by atoms with Crippen molar-refractivity contribution < 1.29 is 0 Å². The number of rotatable bonds is 4. The normalized spacial score (nSPS) is 11.0. The molecule has 6 nitrogen and oxygen atoms in total. The zero-order chi connectivity index (χ0) is 18.1.